The number of carbonyl (C=O) groups is 2. The van der Waals surface area contributed by atoms with E-state index in [1.54, 1.807) is 31.4 Å². The molecule has 0 unspecified atom stereocenters. The molecule has 5 rings (SSSR count). The fourth-order valence-corrected chi connectivity index (χ4v) is 5.89. The second-order valence-electron chi connectivity index (χ2n) is 10.6. The van der Waals surface area contributed by atoms with Crippen molar-refractivity contribution in [1.82, 2.24) is 14.5 Å². The molecular weight excluding hydrogens is 542 g/mol. The number of rotatable bonds is 11. The second kappa shape index (κ2) is 12.9. The Morgan fingerprint density at radius 3 is 2.80 bits per heavy atom. The summed E-state index contributed by atoms with van der Waals surface area (Å²) in [5, 5.41) is 0.550. The van der Waals surface area contributed by atoms with Crippen LogP contribution in [0.15, 0.2) is 59.0 Å². The molecule has 2 amide bonds. The highest BCUT2D eigenvalue weighted by molar-refractivity contribution is 6.30. The summed E-state index contributed by atoms with van der Waals surface area (Å²) < 4.78 is 13.3. The normalized spacial score (nSPS) is 16.3. The standard InChI is InChI=1S/C31H36ClN5O4/c1-40-14-6-13-37-26-11-3-2-10-25(26)35-31(37)21-8-5-12-36(19-21)28(38)18-24(33)16-22-17-27(41-29(22)30(34)39)20-7-4-9-23(32)15-20/h2-4,7,9-11,15,17,21,24H,5-6,8,12-14,16,18-19,33H2,1H3,(H2,34,39)/t21-,24+/m1/s1. The maximum absolute atomic E-state index is 13.4. The van der Waals surface area contributed by atoms with Gasteiger partial charge in [-0.1, -0.05) is 35.9 Å². The number of carbonyl (C=O) groups excluding carboxylic acids is 2. The molecule has 1 fully saturated rings. The topological polar surface area (TPSA) is 130 Å². The minimum absolute atomic E-state index is 0.0107. The van der Waals surface area contributed by atoms with Crippen molar-refractivity contribution in [3.05, 3.63) is 76.8 Å². The highest BCUT2D eigenvalue weighted by atomic mass is 35.5. The van der Waals surface area contributed by atoms with E-state index in [1.807, 2.05) is 29.2 Å². The number of fused-ring (bicyclic) bond motifs is 1. The minimum Gasteiger partial charge on any atom is -0.451 e. The van der Waals surface area contributed by atoms with E-state index in [-0.39, 0.29) is 30.4 Å². The molecule has 1 aliphatic rings. The summed E-state index contributed by atoms with van der Waals surface area (Å²) in [6.45, 7) is 2.76. The van der Waals surface area contributed by atoms with Crippen molar-refractivity contribution in [1.29, 1.82) is 0 Å². The minimum atomic E-state index is -0.681. The number of halogens is 1. The van der Waals surface area contributed by atoms with E-state index in [0.717, 1.165) is 48.2 Å². The summed E-state index contributed by atoms with van der Waals surface area (Å²) in [5.41, 5.74) is 15.4. The van der Waals surface area contributed by atoms with Gasteiger partial charge < -0.3 is 30.1 Å². The van der Waals surface area contributed by atoms with Gasteiger partial charge in [-0.3, -0.25) is 9.59 Å². The summed E-state index contributed by atoms with van der Waals surface area (Å²) in [5.74, 6) is 0.981. The van der Waals surface area contributed by atoms with Gasteiger partial charge in [0.2, 0.25) is 5.91 Å². The number of aryl methyl sites for hydroxylation is 1. The number of benzene rings is 2. The number of hydrogen-bond acceptors (Lipinski definition) is 6. The molecule has 216 valence electrons. The van der Waals surface area contributed by atoms with Crippen LogP contribution < -0.4 is 11.5 Å². The van der Waals surface area contributed by atoms with E-state index in [9.17, 15) is 9.59 Å². The van der Waals surface area contributed by atoms with Gasteiger partial charge in [0.05, 0.1) is 11.0 Å². The molecule has 2 atom stereocenters. The van der Waals surface area contributed by atoms with E-state index in [0.29, 0.717) is 36.0 Å². The molecule has 10 heteroatoms. The van der Waals surface area contributed by atoms with Gasteiger partial charge in [-0.2, -0.15) is 0 Å². The van der Waals surface area contributed by atoms with Crippen molar-refractivity contribution in [3.8, 4) is 11.3 Å². The number of piperidine rings is 1. The number of para-hydroxylation sites is 2. The lowest BCUT2D eigenvalue weighted by molar-refractivity contribution is -0.132. The van der Waals surface area contributed by atoms with Gasteiger partial charge in [0.15, 0.2) is 5.76 Å². The largest absolute Gasteiger partial charge is 0.451 e. The van der Waals surface area contributed by atoms with Crippen LogP contribution >= 0.6 is 11.6 Å². The SMILES string of the molecule is COCCCn1c([C@@H]2CCCN(C(=O)C[C@@H](N)Cc3cc(-c4cccc(Cl)c4)oc3C(N)=O)C2)nc2ccccc21. The molecule has 2 aromatic heterocycles. The van der Waals surface area contributed by atoms with Gasteiger partial charge >= 0.3 is 0 Å². The van der Waals surface area contributed by atoms with Gasteiger partial charge in [-0.15, -0.1) is 0 Å². The zero-order valence-corrected chi connectivity index (χ0v) is 24.0. The maximum Gasteiger partial charge on any atom is 0.284 e. The molecule has 0 radical (unpaired) electrons. The molecule has 1 aliphatic heterocycles. The van der Waals surface area contributed by atoms with Crippen molar-refractivity contribution in [2.24, 2.45) is 11.5 Å². The lowest BCUT2D eigenvalue weighted by Crippen LogP contribution is -2.42. The zero-order valence-electron chi connectivity index (χ0n) is 23.2. The summed E-state index contributed by atoms with van der Waals surface area (Å²) in [6.07, 6.45) is 3.16. The van der Waals surface area contributed by atoms with Crippen molar-refractivity contribution in [2.45, 2.75) is 50.6 Å². The Labute approximate surface area is 244 Å². The molecule has 0 saturated carbocycles. The number of nitrogens with two attached hydrogens (primary N) is 2. The summed E-state index contributed by atoms with van der Waals surface area (Å²) >= 11 is 6.12. The highest BCUT2D eigenvalue weighted by Crippen LogP contribution is 2.31. The summed E-state index contributed by atoms with van der Waals surface area (Å²) in [4.78, 5) is 32.4. The van der Waals surface area contributed by atoms with Gasteiger partial charge in [-0.25, -0.2) is 4.98 Å². The number of ether oxygens (including phenoxy) is 1. The average Bonchev–Trinajstić information content (AvgIpc) is 3.55. The van der Waals surface area contributed by atoms with Gasteiger partial charge in [0.1, 0.15) is 11.6 Å². The number of primary amides is 1. The van der Waals surface area contributed by atoms with Crippen LogP contribution in [0.25, 0.3) is 22.4 Å². The number of amides is 2. The number of hydrogen-bond donors (Lipinski definition) is 2. The summed E-state index contributed by atoms with van der Waals surface area (Å²) in [6, 6.07) is 16.5. The number of aromatic nitrogens is 2. The molecule has 0 bridgehead atoms. The van der Waals surface area contributed by atoms with Crippen LogP contribution in [-0.2, 0) is 22.5 Å². The molecule has 9 nitrogen and oxygen atoms in total. The quantitative estimate of drug-likeness (QED) is 0.247. The molecule has 2 aromatic carbocycles. The fourth-order valence-electron chi connectivity index (χ4n) is 5.70. The van der Waals surface area contributed by atoms with Crippen LogP contribution in [0.3, 0.4) is 0 Å². The van der Waals surface area contributed by atoms with Crippen molar-refractivity contribution in [3.63, 3.8) is 0 Å². The van der Waals surface area contributed by atoms with Crippen molar-refractivity contribution < 1.29 is 18.7 Å². The lowest BCUT2D eigenvalue weighted by Gasteiger charge is -2.33. The van der Waals surface area contributed by atoms with E-state index < -0.39 is 11.9 Å². The summed E-state index contributed by atoms with van der Waals surface area (Å²) in [7, 11) is 1.71. The third-order valence-electron chi connectivity index (χ3n) is 7.61. The Morgan fingerprint density at radius 2 is 2.02 bits per heavy atom. The average molecular weight is 578 g/mol. The molecule has 41 heavy (non-hydrogen) atoms. The van der Waals surface area contributed by atoms with E-state index in [1.165, 1.54) is 0 Å². The smallest absolute Gasteiger partial charge is 0.284 e. The molecule has 1 saturated heterocycles. The fraction of sp³-hybridized carbons (Fsp3) is 0.387. The molecule has 4 N–H and O–H groups in total. The first-order valence-corrected chi connectivity index (χ1v) is 14.4. The van der Waals surface area contributed by atoms with Crippen LogP contribution in [0.1, 0.15) is 53.5 Å². The zero-order chi connectivity index (χ0) is 28.9. The van der Waals surface area contributed by atoms with Crippen molar-refractivity contribution in [2.75, 3.05) is 26.8 Å². The molecule has 4 aromatic rings. The number of likely N-dealkylation sites (tertiary alicyclic amines) is 1. The number of furan rings is 1. The monoisotopic (exact) mass is 577 g/mol. The first kappa shape index (κ1) is 28.9. The Balaban J connectivity index is 1.27. The van der Waals surface area contributed by atoms with E-state index >= 15 is 0 Å². The molecular formula is C31H36ClN5O4. The second-order valence-corrected chi connectivity index (χ2v) is 11.1. The Bertz CT molecular complexity index is 1530. The lowest BCUT2D eigenvalue weighted by atomic mass is 9.96. The third kappa shape index (κ3) is 6.64. The van der Waals surface area contributed by atoms with Gasteiger partial charge in [0.25, 0.3) is 5.91 Å². The number of imidazole rings is 1. The van der Waals surface area contributed by atoms with Crippen molar-refractivity contribution >= 4 is 34.4 Å². The molecule has 0 spiro atoms. The number of nitrogens with zero attached hydrogens (tertiary/aromatic N) is 3. The van der Waals surface area contributed by atoms with Crippen LogP contribution in [0, 0.1) is 0 Å². The Hall–Kier alpha value is -3.66. The predicted octanol–water partition coefficient (Wildman–Crippen LogP) is 4.75. The Morgan fingerprint density at radius 1 is 1.20 bits per heavy atom. The van der Waals surface area contributed by atoms with E-state index in [4.69, 9.17) is 37.2 Å². The molecule has 0 aliphatic carbocycles. The maximum atomic E-state index is 13.4. The third-order valence-corrected chi connectivity index (χ3v) is 7.85. The van der Waals surface area contributed by atoms with Crippen LogP contribution in [0.5, 0.6) is 0 Å². The van der Waals surface area contributed by atoms with Gasteiger partial charge in [0, 0.05) is 67.9 Å². The first-order chi connectivity index (χ1) is 19.8. The predicted molar refractivity (Wildman–Crippen MR) is 159 cm³/mol. The van der Waals surface area contributed by atoms with Crippen LogP contribution in [-0.4, -0.2) is 59.1 Å². The van der Waals surface area contributed by atoms with Crippen LogP contribution in [0.4, 0.5) is 0 Å². The Kier molecular flexibility index (Phi) is 9.07. The first-order valence-electron chi connectivity index (χ1n) is 14.0. The van der Waals surface area contributed by atoms with E-state index in [2.05, 4.69) is 10.6 Å². The van der Waals surface area contributed by atoms with Gasteiger partial charge in [-0.05, 0) is 56.0 Å². The number of methoxy groups -OCH3 is 1. The highest BCUT2D eigenvalue weighted by Gasteiger charge is 2.30. The van der Waals surface area contributed by atoms with Crippen LogP contribution in [0.2, 0.25) is 5.02 Å². The molecule has 3 heterocycles.